The van der Waals surface area contributed by atoms with Crippen molar-refractivity contribution < 1.29 is 55.8 Å². The summed E-state index contributed by atoms with van der Waals surface area (Å²) >= 11 is 0. The minimum Gasteiger partial charge on any atom is -1.00 e. The average Bonchev–Trinajstić information content (AvgIpc) is 2.84. The van der Waals surface area contributed by atoms with Crippen molar-refractivity contribution in [3.63, 3.8) is 0 Å². The quantitative estimate of drug-likeness (QED) is 0.599. The Kier molecular flexibility index (Phi) is 11.3. The molecule has 145 valence electrons. The standard InChI is InChI=1S/C23H25NO.2ClH.Zr/c1-15-16(2)18(4)22(17(15)3)21-13-9-8-12-20(21)14-24-23(25)19-10-6-5-7-11-19;;;/h5-13,17H,14H2,1-4H3,(H,24,25);2*1H;/q;;;+3/p-3. The smallest absolute Gasteiger partial charge is 1.00 e. The summed E-state index contributed by atoms with van der Waals surface area (Å²) in [4.78, 5) is 12.3. The Balaban J connectivity index is 0.00000243. The number of benzene rings is 2. The first-order valence-electron chi connectivity index (χ1n) is 8.74. The zero-order chi connectivity index (χ0) is 18.0. The maximum atomic E-state index is 12.3. The van der Waals surface area contributed by atoms with Crippen LogP contribution in [0.15, 0.2) is 71.3 Å². The summed E-state index contributed by atoms with van der Waals surface area (Å²) < 4.78 is 0. The molecule has 2 aromatic rings. The van der Waals surface area contributed by atoms with E-state index < -0.39 is 0 Å². The van der Waals surface area contributed by atoms with Crippen LogP contribution >= 0.6 is 0 Å². The second-order valence-electron chi connectivity index (χ2n) is 6.71. The molecule has 0 aliphatic heterocycles. The normalized spacial score (nSPS) is 15.4. The number of carbonyl (C=O) groups is 1. The van der Waals surface area contributed by atoms with Crippen LogP contribution in [0.4, 0.5) is 0 Å². The summed E-state index contributed by atoms with van der Waals surface area (Å²) in [5, 5.41) is 4.31. The molecule has 0 N–H and O–H groups in total. The molecule has 0 saturated heterocycles. The SMILES string of the molecule is CC1=C(C)C(C)C(c2ccccc2C[N-]C(=O)c2ccccc2)=C1C.[Cl-].[Cl-].[Zr+3]. The van der Waals surface area contributed by atoms with E-state index in [2.05, 4.69) is 51.2 Å². The third kappa shape index (κ3) is 5.47. The van der Waals surface area contributed by atoms with Crippen molar-refractivity contribution in [1.82, 2.24) is 0 Å². The van der Waals surface area contributed by atoms with Gasteiger partial charge in [0.05, 0.1) is 5.91 Å². The summed E-state index contributed by atoms with van der Waals surface area (Å²) in [7, 11) is 0. The monoisotopic (exact) mass is 490 g/mol. The van der Waals surface area contributed by atoms with Crippen LogP contribution in [0.2, 0.25) is 0 Å². The number of amides is 1. The summed E-state index contributed by atoms with van der Waals surface area (Å²) in [6, 6.07) is 17.6. The number of hydrogen-bond donors (Lipinski definition) is 0. The zero-order valence-electron chi connectivity index (χ0n) is 16.6. The fourth-order valence-corrected chi connectivity index (χ4v) is 3.55. The molecule has 0 heterocycles. The van der Waals surface area contributed by atoms with Gasteiger partial charge in [0.2, 0.25) is 0 Å². The molecule has 1 atom stereocenters. The number of halogens is 2. The molecule has 3 rings (SSSR count). The molecule has 2 aromatic carbocycles. The summed E-state index contributed by atoms with van der Waals surface area (Å²) in [6.45, 7) is 9.27. The Labute approximate surface area is 199 Å². The first kappa shape index (κ1) is 26.9. The summed E-state index contributed by atoms with van der Waals surface area (Å²) in [6.07, 6.45) is 0. The minimum atomic E-state index is -0.161. The summed E-state index contributed by atoms with van der Waals surface area (Å²) in [5.41, 5.74) is 8.50. The van der Waals surface area contributed by atoms with Crippen LogP contribution in [-0.2, 0) is 32.7 Å². The Morgan fingerprint density at radius 3 is 2.04 bits per heavy atom. The van der Waals surface area contributed by atoms with Crippen LogP contribution in [0.3, 0.4) is 0 Å². The number of carbonyl (C=O) groups excluding carboxylic acids is 1. The van der Waals surface area contributed by atoms with Crippen LogP contribution in [0.1, 0.15) is 49.2 Å². The minimum absolute atomic E-state index is 0. The third-order valence-electron chi connectivity index (χ3n) is 5.36. The van der Waals surface area contributed by atoms with Crippen LogP contribution in [0.5, 0.6) is 0 Å². The predicted octanol–water partition coefficient (Wildman–Crippen LogP) is 0.166. The fraction of sp³-hybridized carbons (Fsp3) is 0.261. The zero-order valence-corrected chi connectivity index (χ0v) is 20.6. The van der Waals surface area contributed by atoms with Gasteiger partial charge in [-0.25, -0.2) is 0 Å². The van der Waals surface area contributed by atoms with E-state index in [0.29, 0.717) is 18.0 Å². The molecule has 0 fully saturated rings. The van der Waals surface area contributed by atoms with E-state index in [9.17, 15) is 4.79 Å². The first-order chi connectivity index (χ1) is 12.0. The number of nitrogens with zero attached hydrogens (tertiary/aromatic N) is 1. The fourth-order valence-electron chi connectivity index (χ4n) is 3.55. The van der Waals surface area contributed by atoms with Crippen molar-refractivity contribution in [2.45, 2.75) is 34.2 Å². The first-order valence-corrected chi connectivity index (χ1v) is 8.74. The number of allylic oxidation sites excluding steroid dienone is 4. The maximum Gasteiger partial charge on any atom is 3.00 e. The van der Waals surface area contributed by atoms with E-state index in [1.807, 2.05) is 24.3 Å². The van der Waals surface area contributed by atoms with Gasteiger partial charge in [0.15, 0.2) is 0 Å². The van der Waals surface area contributed by atoms with Crippen molar-refractivity contribution in [2.75, 3.05) is 0 Å². The predicted molar refractivity (Wildman–Crippen MR) is 104 cm³/mol. The van der Waals surface area contributed by atoms with Gasteiger partial charge in [0.25, 0.3) is 0 Å². The van der Waals surface area contributed by atoms with Gasteiger partial charge in [-0.1, -0.05) is 72.7 Å². The van der Waals surface area contributed by atoms with Crippen molar-refractivity contribution in [2.24, 2.45) is 5.92 Å². The largest absolute Gasteiger partial charge is 3.00 e. The van der Waals surface area contributed by atoms with Crippen molar-refractivity contribution in [3.05, 3.63) is 93.3 Å². The van der Waals surface area contributed by atoms with Gasteiger partial charge in [-0.15, -0.1) is 6.54 Å². The van der Waals surface area contributed by atoms with Crippen molar-refractivity contribution >= 4 is 11.5 Å². The molecular formula is C23H24Cl2NOZr. The molecule has 1 aliphatic carbocycles. The van der Waals surface area contributed by atoms with E-state index >= 15 is 0 Å². The van der Waals surface area contributed by atoms with Crippen molar-refractivity contribution in [1.29, 1.82) is 0 Å². The second kappa shape index (κ2) is 11.8. The maximum absolute atomic E-state index is 12.3. The van der Waals surface area contributed by atoms with E-state index in [4.69, 9.17) is 0 Å². The summed E-state index contributed by atoms with van der Waals surface area (Å²) in [5.74, 6) is 0.247. The molecule has 1 amide bonds. The van der Waals surface area contributed by atoms with Crippen LogP contribution < -0.4 is 24.8 Å². The van der Waals surface area contributed by atoms with Gasteiger partial charge < -0.3 is 34.9 Å². The molecule has 1 aliphatic rings. The van der Waals surface area contributed by atoms with Gasteiger partial charge in [-0.3, -0.25) is 0 Å². The molecule has 0 saturated carbocycles. The molecule has 1 unspecified atom stereocenters. The van der Waals surface area contributed by atoms with E-state index in [-0.39, 0.29) is 56.9 Å². The Morgan fingerprint density at radius 2 is 1.46 bits per heavy atom. The van der Waals surface area contributed by atoms with Gasteiger partial charge in [-0.05, 0) is 48.6 Å². The molecular weight excluding hydrogens is 468 g/mol. The topological polar surface area (TPSA) is 31.2 Å². The van der Waals surface area contributed by atoms with Crippen molar-refractivity contribution in [3.8, 4) is 0 Å². The van der Waals surface area contributed by atoms with E-state index in [1.54, 1.807) is 12.1 Å². The van der Waals surface area contributed by atoms with Gasteiger partial charge in [0, 0.05) is 5.92 Å². The Morgan fingerprint density at radius 1 is 0.893 bits per heavy atom. The second-order valence-corrected chi connectivity index (χ2v) is 6.71. The third-order valence-corrected chi connectivity index (χ3v) is 5.36. The molecule has 0 spiro atoms. The molecule has 0 aromatic heterocycles. The molecule has 2 nitrogen and oxygen atoms in total. The van der Waals surface area contributed by atoms with Crippen LogP contribution in [0.25, 0.3) is 10.9 Å². The molecule has 28 heavy (non-hydrogen) atoms. The van der Waals surface area contributed by atoms with E-state index in [1.165, 1.54) is 27.9 Å². The van der Waals surface area contributed by atoms with Gasteiger partial charge >= 0.3 is 26.2 Å². The van der Waals surface area contributed by atoms with E-state index in [0.717, 1.165) is 5.56 Å². The Bertz CT molecular complexity index is 875. The number of rotatable bonds is 4. The van der Waals surface area contributed by atoms with Gasteiger partial charge in [-0.2, -0.15) is 0 Å². The number of hydrogen-bond acceptors (Lipinski definition) is 1. The molecule has 5 heteroatoms. The van der Waals surface area contributed by atoms with Gasteiger partial charge in [0.1, 0.15) is 0 Å². The average molecular weight is 493 g/mol. The Hall–Kier alpha value is -1.15. The van der Waals surface area contributed by atoms with Crippen LogP contribution in [0, 0.1) is 5.92 Å². The van der Waals surface area contributed by atoms with Crippen LogP contribution in [-0.4, -0.2) is 5.91 Å². The molecule has 1 radical (unpaired) electrons. The molecule has 0 bridgehead atoms.